The summed E-state index contributed by atoms with van der Waals surface area (Å²) in [5.41, 5.74) is 2.91. The second kappa shape index (κ2) is 5.18. The zero-order chi connectivity index (χ0) is 14.0. The minimum absolute atomic E-state index is 0.0210. The number of carboxylic acids is 1. The lowest BCUT2D eigenvalue weighted by Crippen LogP contribution is -2.15. The molecular formula is C15H17NO3. The predicted octanol–water partition coefficient (Wildman–Crippen LogP) is 3.23. The van der Waals surface area contributed by atoms with Crippen molar-refractivity contribution in [2.45, 2.75) is 20.4 Å². The molecule has 0 fully saturated rings. The van der Waals surface area contributed by atoms with Crippen molar-refractivity contribution in [3.63, 3.8) is 0 Å². The first kappa shape index (κ1) is 13.2. The number of aryl methyl sites for hydroxylation is 2. The van der Waals surface area contributed by atoms with Gasteiger partial charge in [-0.05, 0) is 37.6 Å². The number of aromatic carboxylic acids is 1. The molecular weight excluding hydrogens is 242 g/mol. The Labute approximate surface area is 112 Å². The van der Waals surface area contributed by atoms with Gasteiger partial charge in [0, 0.05) is 18.3 Å². The van der Waals surface area contributed by atoms with Gasteiger partial charge in [0.1, 0.15) is 5.76 Å². The number of hydrogen-bond donors (Lipinski definition) is 1. The van der Waals surface area contributed by atoms with Crippen LogP contribution in [0.4, 0.5) is 5.69 Å². The van der Waals surface area contributed by atoms with Gasteiger partial charge in [-0.25, -0.2) is 4.79 Å². The summed E-state index contributed by atoms with van der Waals surface area (Å²) < 4.78 is 5.36. The Morgan fingerprint density at radius 1 is 1.32 bits per heavy atom. The van der Waals surface area contributed by atoms with Gasteiger partial charge in [-0.2, -0.15) is 0 Å². The largest absolute Gasteiger partial charge is 0.475 e. The molecule has 19 heavy (non-hydrogen) atoms. The van der Waals surface area contributed by atoms with Gasteiger partial charge in [-0.3, -0.25) is 0 Å². The molecule has 0 saturated carbocycles. The summed E-state index contributed by atoms with van der Waals surface area (Å²) in [5.74, 6) is -0.353. The van der Waals surface area contributed by atoms with Crippen molar-refractivity contribution >= 4 is 11.7 Å². The van der Waals surface area contributed by atoms with E-state index < -0.39 is 5.97 Å². The van der Waals surface area contributed by atoms with Crippen LogP contribution in [0.3, 0.4) is 0 Å². The summed E-state index contributed by atoms with van der Waals surface area (Å²) in [6.07, 6.45) is 0. The average Bonchev–Trinajstić information content (AvgIpc) is 2.70. The molecule has 0 saturated heterocycles. The summed E-state index contributed by atoms with van der Waals surface area (Å²) in [6, 6.07) is 9.90. The molecule has 0 aliphatic rings. The van der Waals surface area contributed by atoms with Gasteiger partial charge < -0.3 is 14.4 Å². The molecule has 0 unspecified atom stereocenters. The van der Waals surface area contributed by atoms with Crippen LogP contribution in [0.5, 0.6) is 0 Å². The Balaban J connectivity index is 2.17. The molecule has 0 spiro atoms. The molecule has 0 aliphatic carbocycles. The zero-order valence-corrected chi connectivity index (χ0v) is 11.3. The third kappa shape index (κ3) is 2.96. The number of anilines is 1. The third-order valence-electron chi connectivity index (χ3n) is 3.00. The first-order chi connectivity index (χ1) is 8.97. The average molecular weight is 259 g/mol. The van der Waals surface area contributed by atoms with E-state index in [0.717, 1.165) is 5.69 Å². The van der Waals surface area contributed by atoms with E-state index in [1.807, 2.05) is 37.1 Å². The predicted molar refractivity (Wildman–Crippen MR) is 73.7 cm³/mol. The molecule has 0 aliphatic heterocycles. The highest BCUT2D eigenvalue weighted by atomic mass is 16.4. The number of nitrogens with zero attached hydrogens (tertiary/aromatic N) is 1. The van der Waals surface area contributed by atoms with Crippen molar-refractivity contribution in [3.8, 4) is 0 Å². The van der Waals surface area contributed by atoms with Crippen LogP contribution in [0.15, 0.2) is 34.7 Å². The molecule has 1 aromatic carbocycles. The molecule has 1 aromatic heterocycles. The second-order valence-electron chi connectivity index (χ2n) is 4.73. The third-order valence-corrected chi connectivity index (χ3v) is 3.00. The quantitative estimate of drug-likeness (QED) is 0.915. The number of carboxylic acid groups (broad SMARTS) is 1. The van der Waals surface area contributed by atoms with Crippen LogP contribution in [0.25, 0.3) is 0 Å². The van der Waals surface area contributed by atoms with Crippen molar-refractivity contribution in [2.24, 2.45) is 0 Å². The Morgan fingerprint density at radius 2 is 2.05 bits per heavy atom. The van der Waals surface area contributed by atoms with Gasteiger partial charge in [-0.1, -0.05) is 12.1 Å². The lowest BCUT2D eigenvalue weighted by Gasteiger charge is -2.18. The fourth-order valence-electron chi connectivity index (χ4n) is 2.03. The van der Waals surface area contributed by atoms with E-state index >= 15 is 0 Å². The highest BCUT2D eigenvalue weighted by molar-refractivity contribution is 5.86. The lowest BCUT2D eigenvalue weighted by atomic mass is 10.2. The van der Waals surface area contributed by atoms with E-state index in [9.17, 15) is 4.79 Å². The fourth-order valence-corrected chi connectivity index (χ4v) is 2.03. The first-order valence-electron chi connectivity index (χ1n) is 6.08. The summed E-state index contributed by atoms with van der Waals surface area (Å²) in [7, 11) is 1.95. The topological polar surface area (TPSA) is 53.7 Å². The monoisotopic (exact) mass is 259 g/mol. The fraction of sp³-hybridized carbons (Fsp3) is 0.267. The van der Waals surface area contributed by atoms with E-state index in [1.54, 1.807) is 13.0 Å². The van der Waals surface area contributed by atoms with Crippen molar-refractivity contribution in [3.05, 3.63) is 53.0 Å². The zero-order valence-electron chi connectivity index (χ0n) is 11.3. The molecule has 0 amide bonds. The molecule has 4 nitrogen and oxygen atoms in total. The molecule has 1 N–H and O–H groups in total. The molecule has 1 heterocycles. The van der Waals surface area contributed by atoms with E-state index in [2.05, 4.69) is 6.07 Å². The van der Waals surface area contributed by atoms with Gasteiger partial charge in [0.05, 0.1) is 6.54 Å². The van der Waals surface area contributed by atoms with E-state index in [4.69, 9.17) is 9.52 Å². The maximum atomic E-state index is 10.9. The van der Waals surface area contributed by atoms with E-state index in [1.165, 1.54) is 5.56 Å². The highest BCUT2D eigenvalue weighted by Crippen LogP contribution is 2.20. The van der Waals surface area contributed by atoms with Crippen molar-refractivity contribution in [1.82, 2.24) is 0 Å². The van der Waals surface area contributed by atoms with Crippen LogP contribution >= 0.6 is 0 Å². The summed E-state index contributed by atoms with van der Waals surface area (Å²) in [6.45, 7) is 4.32. The van der Waals surface area contributed by atoms with Crippen LogP contribution < -0.4 is 4.90 Å². The highest BCUT2D eigenvalue weighted by Gasteiger charge is 2.15. The van der Waals surface area contributed by atoms with Crippen LogP contribution in [-0.2, 0) is 6.54 Å². The molecule has 4 heteroatoms. The number of carbonyl (C=O) groups is 1. The first-order valence-corrected chi connectivity index (χ1v) is 6.08. The number of rotatable bonds is 4. The maximum absolute atomic E-state index is 10.9. The van der Waals surface area contributed by atoms with Crippen molar-refractivity contribution in [2.75, 3.05) is 11.9 Å². The van der Waals surface area contributed by atoms with Gasteiger partial charge in [0.25, 0.3) is 0 Å². The number of benzene rings is 1. The Morgan fingerprint density at radius 3 is 2.63 bits per heavy atom. The molecule has 0 radical (unpaired) electrons. The van der Waals surface area contributed by atoms with Crippen LogP contribution in [0, 0.1) is 13.8 Å². The lowest BCUT2D eigenvalue weighted by molar-refractivity contribution is 0.0659. The van der Waals surface area contributed by atoms with Gasteiger partial charge >= 0.3 is 5.97 Å². The molecule has 2 aromatic rings. The molecule has 0 atom stereocenters. The second-order valence-corrected chi connectivity index (χ2v) is 4.73. The van der Waals surface area contributed by atoms with E-state index in [0.29, 0.717) is 17.9 Å². The smallest absolute Gasteiger partial charge is 0.372 e. The van der Waals surface area contributed by atoms with Crippen LogP contribution in [0.1, 0.15) is 27.4 Å². The number of hydrogen-bond acceptors (Lipinski definition) is 3. The van der Waals surface area contributed by atoms with Crippen molar-refractivity contribution < 1.29 is 14.3 Å². The van der Waals surface area contributed by atoms with Crippen molar-refractivity contribution in [1.29, 1.82) is 0 Å². The summed E-state index contributed by atoms with van der Waals surface area (Å²) in [5, 5.41) is 8.96. The maximum Gasteiger partial charge on any atom is 0.372 e. The Kier molecular flexibility index (Phi) is 3.60. The van der Waals surface area contributed by atoms with Crippen LogP contribution in [-0.4, -0.2) is 18.1 Å². The molecule has 0 bridgehead atoms. The molecule has 100 valence electrons. The van der Waals surface area contributed by atoms with Gasteiger partial charge in [-0.15, -0.1) is 0 Å². The van der Waals surface area contributed by atoms with Gasteiger partial charge in [0.15, 0.2) is 0 Å². The minimum atomic E-state index is -1.03. The Bertz CT molecular complexity index is 601. The Hall–Kier alpha value is -2.23. The molecule has 2 rings (SSSR count). The number of furan rings is 1. The standard InChI is InChI=1S/C15H17NO3/c1-10-5-4-6-12(7-10)16(3)9-13-8-11(2)14(19-13)15(17)18/h4-8H,9H2,1-3H3,(H,17,18). The normalized spacial score (nSPS) is 10.5. The minimum Gasteiger partial charge on any atom is -0.475 e. The summed E-state index contributed by atoms with van der Waals surface area (Å²) in [4.78, 5) is 13.0. The van der Waals surface area contributed by atoms with Crippen LogP contribution in [0.2, 0.25) is 0 Å². The van der Waals surface area contributed by atoms with E-state index in [-0.39, 0.29) is 5.76 Å². The SMILES string of the molecule is Cc1cccc(N(C)Cc2cc(C)c(C(=O)O)o2)c1. The van der Waals surface area contributed by atoms with Gasteiger partial charge in [0.2, 0.25) is 5.76 Å². The summed E-state index contributed by atoms with van der Waals surface area (Å²) >= 11 is 0.